The van der Waals surface area contributed by atoms with Crippen LogP contribution in [-0.4, -0.2) is 24.2 Å². The lowest BCUT2D eigenvalue weighted by Crippen LogP contribution is -2.32. The number of hydrogen-bond donors (Lipinski definition) is 1. The molecule has 0 fully saturated rings. The van der Waals surface area contributed by atoms with E-state index >= 15 is 0 Å². The molecule has 6 heteroatoms. The van der Waals surface area contributed by atoms with Gasteiger partial charge in [-0.05, 0) is 50.3 Å². The van der Waals surface area contributed by atoms with Gasteiger partial charge in [-0.2, -0.15) is 0 Å². The summed E-state index contributed by atoms with van der Waals surface area (Å²) in [4.78, 5) is 25.6. The first-order valence-electron chi connectivity index (χ1n) is 11.1. The van der Waals surface area contributed by atoms with Gasteiger partial charge in [-0.25, -0.2) is 9.36 Å². The molecule has 2 aromatic heterocycles. The third-order valence-electron chi connectivity index (χ3n) is 6.04. The molecule has 162 valence electrons. The largest absolute Gasteiger partial charge is 0.481 e. The summed E-state index contributed by atoms with van der Waals surface area (Å²) >= 11 is 0. The number of fused-ring (bicyclic) bond motifs is 2. The zero-order valence-electron chi connectivity index (χ0n) is 18.0. The Morgan fingerprint density at radius 1 is 1.16 bits per heavy atom. The predicted octanol–water partition coefficient (Wildman–Crippen LogP) is 4.17. The van der Waals surface area contributed by atoms with Crippen molar-refractivity contribution >= 4 is 22.6 Å². The molecule has 6 nitrogen and oxygen atoms in total. The molecule has 0 saturated heterocycles. The number of aryl methyl sites for hydroxylation is 2. The highest BCUT2D eigenvalue weighted by atomic mass is 16.4. The summed E-state index contributed by atoms with van der Waals surface area (Å²) in [6.07, 6.45) is 8.85. The number of hydrogen-bond acceptors (Lipinski definition) is 4. The van der Waals surface area contributed by atoms with Crippen molar-refractivity contribution in [2.45, 2.75) is 52.0 Å². The molecule has 0 bridgehead atoms. The van der Waals surface area contributed by atoms with E-state index in [0.29, 0.717) is 17.6 Å². The zero-order chi connectivity index (χ0) is 21.8. The lowest BCUT2D eigenvalue weighted by atomic mass is 9.98. The average Bonchev–Trinajstić information content (AvgIpc) is 2.77. The van der Waals surface area contributed by atoms with Crippen LogP contribution in [0.5, 0.6) is 0 Å². The van der Waals surface area contributed by atoms with Crippen molar-refractivity contribution in [3.8, 4) is 11.1 Å². The van der Waals surface area contributed by atoms with Crippen LogP contribution in [0.25, 0.3) is 22.1 Å². The van der Waals surface area contributed by atoms with Crippen LogP contribution in [0.4, 0.5) is 5.69 Å². The standard InChI is InChI=1S/C25H28N2O4/c1-2-27-12-6-7-19-15-20-16-21(25(30)31-23(20)17-22(19)27)18-9-13-26(14-10-18)11-5-3-4-8-24(28)29/h9-10,13-17H,2-8,11-12H2,1H3/p+1. The molecular formula is C25H29N2O4+. The molecule has 1 N–H and O–H groups in total. The van der Waals surface area contributed by atoms with E-state index in [0.717, 1.165) is 56.3 Å². The van der Waals surface area contributed by atoms with Gasteiger partial charge in [-0.1, -0.05) is 0 Å². The second-order valence-corrected chi connectivity index (χ2v) is 8.18. The summed E-state index contributed by atoms with van der Waals surface area (Å²) in [6.45, 7) is 4.97. The number of carbonyl (C=O) groups is 1. The third kappa shape index (κ3) is 4.79. The van der Waals surface area contributed by atoms with Gasteiger partial charge in [0.2, 0.25) is 0 Å². The first-order valence-corrected chi connectivity index (χ1v) is 11.1. The summed E-state index contributed by atoms with van der Waals surface area (Å²) in [7, 11) is 0. The Bertz CT molecular complexity index is 1130. The molecule has 31 heavy (non-hydrogen) atoms. The van der Waals surface area contributed by atoms with E-state index in [1.165, 1.54) is 11.3 Å². The van der Waals surface area contributed by atoms with Crippen molar-refractivity contribution in [1.82, 2.24) is 0 Å². The Kier molecular flexibility index (Phi) is 6.35. The van der Waals surface area contributed by atoms with E-state index in [2.05, 4.69) is 22.5 Å². The molecule has 0 atom stereocenters. The minimum atomic E-state index is -0.741. The molecule has 1 aromatic carbocycles. The molecule has 1 aliphatic heterocycles. The number of pyridine rings is 1. The summed E-state index contributed by atoms with van der Waals surface area (Å²) in [6, 6.07) is 10.00. The van der Waals surface area contributed by atoms with Crippen LogP contribution in [0.2, 0.25) is 0 Å². The fourth-order valence-electron chi connectivity index (χ4n) is 4.34. The molecule has 0 unspecified atom stereocenters. The monoisotopic (exact) mass is 421 g/mol. The molecule has 4 rings (SSSR count). The Morgan fingerprint density at radius 2 is 1.97 bits per heavy atom. The van der Waals surface area contributed by atoms with Gasteiger partial charge in [-0.15, -0.1) is 0 Å². The number of aromatic nitrogens is 1. The molecule has 1 aliphatic rings. The first kappa shape index (κ1) is 21.1. The van der Waals surface area contributed by atoms with Crippen molar-refractivity contribution in [3.63, 3.8) is 0 Å². The Morgan fingerprint density at radius 3 is 2.71 bits per heavy atom. The van der Waals surface area contributed by atoms with Crippen LogP contribution in [0.15, 0.2) is 51.9 Å². The van der Waals surface area contributed by atoms with Crippen molar-refractivity contribution in [1.29, 1.82) is 0 Å². The van der Waals surface area contributed by atoms with Crippen LogP contribution in [-0.2, 0) is 17.8 Å². The number of rotatable bonds is 8. The highest BCUT2D eigenvalue weighted by Gasteiger charge is 2.18. The van der Waals surface area contributed by atoms with E-state index in [4.69, 9.17) is 9.52 Å². The fraction of sp³-hybridized carbons (Fsp3) is 0.400. The molecule has 0 spiro atoms. The third-order valence-corrected chi connectivity index (χ3v) is 6.04. The van der Waals surface area contributed by atoms with Crippen LogP contribution in [0.1, 0.15) is 44.6 Å². The van der Waals surface area contributed by atoms with Gasteiger partial charge in [-0.3, -0.25) is 4.79 Å². The maximum absolute atomic E-state index is 12.7. The van der Waals surface area contributed by atoms with Crippen molar-refractivity contribution < 1.29 is 18.9 Å². The Labute approximate surface area is 181 Å². The molecule has 3 heterocycles. The second kappa shape index (κ2) is 9.33. The normalized spacial score (nSPS) is 13.4. The maximum atomic E-state index is 12.7. The second-order valence-electron chi connectivity index (χ2n) is 8.18. The predicted molar refractivity (Wildman–Crippen MR) is 120 cm³/mol. The van der Waals surface area contributed by atoms with Gasteiger partial charge in [0.25, 0.3) is 0 Å². The number of nitrogens with zero attached hydrogens (tertiary/aromatic N) is 2. The van der Waals surface area contributed by atoms with Gasteiger partial charge >= 0.3 is 11.6 Å². The van der Waals surface area contributed by atoms with Crippen molar-refractivity contribution in [2.75, 3.05) is 18.0 Å². The van der Waals surface area contributed by atoms with Gasteiger partial charge in [0, 0.05) is 60.8 Å². The summed E-state index contributed by atoms with van der Waals surface area (Å²) < 4.78 is 7.77. The number of carboxylic acid groups (broad SMARTS) is 1. The SMILES string of the molecule is CCN1CCCc2cc3cc(-c4cc[n+](CCCCCC(=O)O)cc4)c(=O)oc3cc21. The van der Waals surface area contributed by atoms with Crippen molar-refractivity contribution in [3.05, 3.63) is 58.7 Å². The van der Waals surface area contributed by atoms with E-state index in [9.17, 15) is 9.59 Å². The lowest BCUT2D eigenvalue weighted by Gasteiger charge is -2.30. The zero-order valence-corrected chi connectivity index (χ0v) is 18.0. The highest BCUT2D eigenvalue weighted by molar-refractivity contribution is 5.86. The van der Waals surface area contributed by atoms with Crippen LogP contribution in [0.3, 0.4) is 0 Å². The first-order chi connectivity index (χ1) is 15.0. The minimum absolute atomic E-state index is 0.223. The van der Waals surface area contributed by atoms with Crippen molar-refractivity contribution in [2.24, 2.45) is 0 Å². The average molecular weight is 422 g/mol. The smallest absolute Gasteiger partial charge is 0.344 e. The van der Waals surface area contributed by atoms with Gasteiger partial charge in [0.05, 0.1) is 5.56 Å². The van der Waals surface area contributed by atoms with E-state index in [1.807, 2.05) is 36.7 Å². The van der Waals surface area contributed by atoms with Crippen LogP contribution >= 0.6 is 0 Å². The van der Waals surface area contributed by atoms with Crippen LogP contribution in [0, 0.1) is 0 Å². The molecule has 0 amide bonds. The number of anilines is 1. The van der Waals surface area contributed by atoms with Gasteiger partial charge in [0.1, 0.15) is 12.1 Å². The molecule has 0 radical (unpaired) electrons. The highest BCUT2D eigenvalue weighted by Crippen LogP contribution is 2.32. The topological polar surface area (TPSA) is 74.6 Å². The number of benzene rings is 1. The molecule has 0 aliphatic carbocycles. The van der Waals surface area contributed by atoms with E-state index < -0.39 is 5.97 Å². The summed E-state index contributed by atoms with van der Waals surface area (Å²) in [5.41, 5.74) is 4.23. The Balaban J connectivity index is 1.53. The number of aliphatic carboxylic acids is 1. The number of carboxylic acids is 1. The molecule has 0 saturated carbocycles. The minimum Gasteiger partial charge on any atom is -0.481 e. The van der Waals surface area contributed by atoms with Crippen LogP contribution < -0.4 is 15.1 Å². The summed E-state index contributed by atoms with van der Waals surface area (Å²) in [5, 5.41) is 9.66. The summed E-state index contributed by atoms with van der Waals surface area (Å²) in [5.74, 6) is -0.741. The Hall–Kier alpha value is -3.15. The quantitative estimate of drug-likeness (QED) is 0.336. The van der Waals surface area contributed by atoms with E-state index in [1.54, 1.807) is 0 Å². The van der Waals surface area contributed by atoms with Gasteiger partial charge < -0.3 is 14.4 Å². The lowest BCUT2D eigenvalue weighted by molar-refractivity contribution is -0.697. The number of unbranched alkanes of at least 4 members (excludes halogenated alkanes) is 2. The maximum Gasteiger partial charge on any atom is 0.344 e. The van der Waals surface area contributed by atoms with Gasteiger partial charge in [0.15, 0.2) is 12.4 Å². The molecule has 3 aromatic rings. The van der Waals surface area contributed by atoms with E-state index in [-0.39, 0.29) is 12.0 Å². The fourth-order valence-corrected chi connectivity index (χ4v) is 4.34. The molecular weight excluding hydrogens is 392 g/mol.